The molecule has 1 fully saturated rings. The smallest absolute Gasteiger partial charge is 0.228 e. The van der Waals surface area contributed by atoms with E-state index in [-0.39, 0.29) is 5.91 Å². The summed E-state index contributed by atoms with van der Waals surface area (Å²) in [5, 5.41) is 4.30. The number of piperidine rings is 1. The van der Waals surface area contributed by atoms with Crippen molar-refractivity contribution >= 4 is 11.7 Å². The monoisotopic (exact) mass is 208 g/mol. The average molecular weight is 208 g/mol. The maximum atomic E-state index is 11.7. The molecule has 5 nitrogen and oxygen atoms in total. The summed E-state index contributed by atoms with van der Waals surface area (Å²) < 4.78 is 1.71. The van der Waals surface area contributed by atoms with Crippen LogP contribution in [0.25, 0.3) is 0 Å². The zero-order chi connectivity index (χ0) is 10.8. The first kappa shape index (κ1) is 10.2. The van der Waals surface area contributed by atoms with Crippen LogP contribution in [-0.4, -0.2) is 22.2 Å². The van der Waals surface area contributed by atoms with Crippen LogP contribution in [0.4, 0.5) is 5.82 Å². The van der Waals surface area contributed by atoms with Gasteiger partial charge in [-0.15, -0.1) is 0 Å². The van der Waals surface area contributed by atoms with Crippen LogP contribution in [-0.2, 0) is 18.4 Å². The molecule has 0 bridgehead atoms. The van der Waals surface area contributed by atoms with Crippen molar-refractivity contribution in [2.24, 2.45) is 12.8 Å². The van der Waals surface area contributed by atoms with Crippen LogP contribution < -0.4 is 10.6 Å². The standard InChI is InChI=1S/C10H16N4O/c1-13-7-8(6-11)10(12-13)14-5-3-2-4-9(14)15/h7H,2-6,11H2,1H3. The lowest BCUT2D eigenvalue weighted by molar-refractivity contribution is -0.119. The van der Waals surface area contributed by atoms with E-state index in [1.165, 1.54) is 0 Å². The van der Waals surface area contributed by atoms with Crippen LogP contribution >= 0.6 is 0 Å². The Hall–Kier alpha value is -1.36. The Balaban J connectivity index is 2.30. The Labute approximate surface area is 88.8 Å². The minimum Gasteiger partial charge on any atom is -0.326 e. The van der Waals surface area contributed by atoms with Gasteiger partial charge in [-0.1, -0.05) is 0 Å². The van der Waals surface area contributed by atoms with Crippen molar-refractivity contribution in [2.75, 3.05) is 11.4 Å². The Morgan fingerprint density at radius 2 is 2.33 bits per heavy atom. The van der Waals surface area contributed by atoms with Crippen molar-refractivity contribution in [3.63, 3.8) is 0 Å². The van der Waals surface area contributed by atoms with Gasteiger partial charge in [-0.25, -0.2) is 0 Å². The summed E-state index contributed by atoms with van der Waals surface area (Å²) in [6.07, 6.45) is 4.53. The molecule has 0 saturated carbocycles. The maximum absolute atomic E-state index is 11.7. The molecule has 0 aliphatic carbocycles. The fourth-order valence-electron chi connectivity index (χ4n) is 1.93. The lowest BCUT2D eigenvalue weighted by Crippen LogP contribution is -2.36. The van der Waals surface area contributed by atoms with Crippen molar-refractivity contribution in [2.45, 2.75) is 25.8 Å². The van der Waals surface area contributed by atoms with E-state index in [1.54, 1.807) is 9.58 Å². The molecule has 2 heterocycles. The Morgan fingerprint density at radius 1 is 1.53 bits per heavy atom. The first-order valence-corrected chi connectivity index (χ1v) is 5.25. The third-order valence-electron chi connectivity index (χ3n) is 2.68. The van der Waals surface area contributed by atoms with E-state index in [2.05, 4.69) is 5.10 Å². The second-order valence-electron chi connectivity index (χ2n) is 3.86. The van der Waals surface area contributed by atoms with E-state index < -0.39 is 0 Å². The zero-order valence-electron chi connectivity index (χ0n) is 8.94. The normalized spacial score (nSPS) is 17.2. The molecule has 2 N–H and O–H groups in total. The van der Waals surface area contributed by atoms with Gasteiger partial charge in [0.2, 0.25) is 5.91 Å². The van der Waals surface area contributed by atoms with E-state index in [4.69, 9.17) is 5.73 Å². The Morgan fingerprint density at radius 3 is 3.00 bits per heavy atom. The molecular formula is C10H16N4O. The molecule has 1 aliphatic heterocycles. The van der Waals surface area contributed by atoms with E-state index in [0.29, 0.717) is 13.0 Å². The summed E-state index contributed by atoms with van der Waals surface area (Å²) in [6, 6.07) is 0. The van der Waals surface area contributed by atoms with Crippen molar-refractivity contribution in [3.05, 3.63) is 11.8 Å². The largest absolute Gasteiger partial charge is 0.326 e. The van der Waals surface area contributed by atoms with Gasteiger partial charge in [0.05, 0.1) is 0 Å². The van der Waals surface area contributed by atoms with Crippen LogP contribution in [0, 0.1) is 0 Å². The molecule has 15 heavy (non-hydrogen) atoms. The Bertz CT molecular complexity index is 371. The number of anilines is 1. The number of hydrogen-bond acceptors (Lipinski definition) is 3. The van der Waals surface area contributed by atoms with Gasteiger partial charge in [0.25, 0.3) is 0 Å². The zero-order valence-corrected chi connectivity index (χ0v) is 8.94. The number of nitrogens with zero attached hydrogens (tertiary/aromatic N) is 3. The van der Waals surface area contributed by atoms with E-state index in [0.717, 1.165) is 30.8 Å². The maximum Gasteiger partial charge on any atom is 0.228 e. The second kappa shape index (κ2) is 4.02. The lowest BCUT2D eigenvalue weighted by Gasteiger charge is -2.25. The fourth-order valence-corrected chi connectivity index (χ4v) is 1.93. The number of rotatable bonds is 2. The van der Waals surface area contributed by atoms with Gasteiger partial charge in [0, 0.05) is 38.3 Å². The first-order chi connectivity index (χ1) is 7.22. The van der Waals surface area contributed by atoms with E-state index in [1.807, 2.05) is 13.2 Å². The molecule has 0 atom stereocenters. The van der Waals surface area contributed by atoms with Gasteiger partial charge in [-0.2, -0.15) is 5.10 Å². The van der Waals surface area contributed by atoms with Crippen LogP contribution in [0.3, 0.4) is 0 Å². The third-order valence-corrected chi connectivity index (χ3v) is 2.68. The number of aryl methyl sites for hydroxylation is 1. The number of nitrogens with two attached hydrogens (primary N) is 1. The van der Waals surface area contributed by atoms with Crippen LogP contribution in [0.1, 0.15) is 24.8 Å². The lowest BCUT2D eigenvalue weighted by atomic mass is 10.1. The molecule has 1 aromatic rings. The van der Waals surface area contributed by atoms with Crippen molar-refractivity contribution in [1.29, 1.82) is 0 Å². The Kier molecular flexibility index (Phi) is 2.73. The molecule has 82 valence electrons. The molecule has 0 unspecified atom stereocenters. The highest BCUT2D eigenvalue weighted by molar-refractivity contribution is 5.93. The number of hydrogen-bond donors (Lipinski definition) is 1. The highest BCUT2D eigenvalue weighted by atomic mass is 16.2. The molecule has 0 spiro atoms. The molecule has 1 saturated heterocycles. The SMILES string of the molecule is Cn1cc(CN)c(N2CCCCC2=O)n1. The molecule has 0 radical (unpaired) electrons. The summed E-state index contributed by atoms with van der Waals surface area (Å²) >= 11 is 0. The molecule has 5 heteroatoms. The highest BCUT2D eigenvalue weighted by Gasteiger charge is 2.23. The van der Waals surface area contributed by atoms with Crippen molar-refractivity contribution < 1.29 is 4.79 Å². The summed E-state index contributed by atoms with van der Waals surface area (Å²) in [6.45, 7) is 1.19. The number of carbonyl (C=O) groups is 1. The van der Waals surface area contributed by atoms with Gasteiger partial charge in [-0.05, 0) is 12.8 Å². The van der Waals surface area contributed by atoms with Gasteiger partial charge in [-0.3, -0.25) is 14.4 Å². The number of amides is 1. The summed E-state index contributed by atoms with van der Waals surface area (Å²) in [5.74, 6) is 0.902. The van der Waals surface area contributed by atoms with Crippen LogP contribution in [0.2, 0.25) is 0 Å². The first-order valence-electron chi connectivity index (χ1n) is 5.25. The van der Waals surface area contributed by atoms with Gasteiger partial charge < -0.3 is 5.73 Å². The van der Waals surface area contributed by atoms with Crippen molar-refractivity contribution in [1.82, 2.24) is 9.78 Å². The topological polar surface area (TPSA) is 64.2 Å². The summed E-state index contributed by atoms with van der Waals surface area (Å²) in [5.41, 5.74) is 6.56. The van der Waals surface area contributed by atoms with Gasteiger partial charge in [0.1, 0.15) is 0 Å². The number of aromatic nitrogens is 2. The predicted octanol–water partition coefficient (Wildman–Crippen LogP) is 0.396. The third kappa shape index (κ3) is 1.87. The van der Waals surface area contributed by atoms with Gasteiger partial charge in [0.15, 0.2) is 5.82 Å². The van der Waals surface area contributed by atoms with Crippen molar-refractivity contribution in [3.8, 4) is 0 Å². The molecule has 0 aromatic carbocycles. The number of carbonyl (C=O) groups excluding carboxylic acids is 1. The average Bonchev–Trinajstić information content (AvgIpc) is 2.60. The van der Waals surface area contributed by atoms with E-state index >= 15 is 0 Å². The molecule has 1 aliphatic rings. The molecule has 1 aromatic heterocycles. The molecule has 2 rings (SSSR count). The highest BCUT2D eigenvalue weighted by Crippen LogP contribution is 2.22. The van der Waals surface area contributed by atoms with E-state index in [9.17, 15) is 4.79 Å². The van der Waals surface area contributed by atoms with Crippen LogP contribution in [0.5, 0.6) is 0 Å². The second-order valence-corrected chi connectivity index (χ2v) is 3.86. The predicted molar refractivity (Wildman–Crippen MR) is 57.3 cm³/mol. The summed E-state index contributed by atoms with van der Waals surface area (Å²) in [7, 11) is 1.84. The summed E-state index contributed by atoms with van der Waals surface area (Å²) in [4.78, 5) is 13.5. The molecule has 1 amide bonds. The quantitative estimate of drug-likeness (QED) is 0.765. The molecular weight excluding hydrogens is 192 g/mol. The minimum absolute atomic E-state index is 0.162. The van der Waals surface area contributed by atoms with Crippen LogP contribution in [0.15, 0.2) is 6.20 Å². The van der Waals surface area contributed by atoms with Gasteiger partial charge >= 0.3 is 0 Å². The minimum atomic E-state index is 0.162. The fraction of sp³-hybridized carbons (Fsp3) is 0.600.